The van der Waals surface area contributed by atoms with Crippen LogP contribution in [0.15, 0.2) is 42.7 Å². The molecule has 2 N–H and O–H groups in total. The van der Waals surface area contributed by atoms with Crippen molar-refractivity contribution in [3.05, 3.63) is 47.6 Å². The van der Waals surface area contributed by atoms with E-state index in [1.54, 1.807) is 24.6 Å². The molecule has 1 aliphatic heterocycles. The van der Waals surface area contributed by atoms with Gasteiger partial charge in [-0.05, 0) is 73.3 Å². The van der Waals surface area contributed by atoms with E-state index in [-0.39, 0.29) is 17.1 Å². The van der Waals surface area contributed by atoms with E-state index in [0.29, 0.717) is 17.5 Å². The number of aromatic nitrogens is 3. The Bertz CT molecular complexity index is 1590. The number of ether oxygens (including phenoxy) is 1. The number of nitrogens with two attached hydrogens (primary N) is 1. The fourth-order valence-electron chi connectivity index (χ4n) is 7.10. The lowest BCUT2D eigenvalue weighted by molar-refractivity contribution is -0.199. The molecule has 0 spiro atoms. The quantitative estimate of drug-likeness (QED) is 0.363. The molecule has 1 saturated heterocycles. The van der Waals surface area contributed by atoms with E-state index in [0.717, 1.165) is 55.1 Å². The van der Waals surface area contributed by atoms with Crippen molar-refractivity contribution in [2.24, 2.45) is 17.3 Å². The lowest BCUT2D eigenvalue weighted by Gasteiger charge is -2.64. The summed E-state index contributed by atoms with van der Waals surface area (Å²) in [7, 11) is 1.20. The molecule has 4 fully saturated rings. The molecule has 194 valence electrons. The van der Waals surface area contributed by atoms with Crippen LogP contribution in [-0.4, -0.2) is 41.1 Å². The summed E-state index contributed by atoms with van der Waals surface area (Å²) in [5.74, 6) is 1.91. The first-order valence-corrected chi connectivity index (χ1v) is 14.0. The zero-order valence-corrected chi connectivity index (χ0v) is 23.1. The lowest BCUT2D eigenvalue weighted by Crippen LogP contribution is -2.65. The number of aryl methyl sites for hydroxylation is 1. The Morgan fingerprint density at radius 2 is 1.95 bits per heavy atom. The van der Waals surface area contributed by atoms with Crippen LogP contribution in [0.5, 0.6) is 5.75 Å². The molecule has 3 aliphatic carbocycles. The number of fused-ring (bicyclic) bond motifs is 1. The number of nitrogens with zero attached hydrogens (tertiary/aromatic N) is 3. The third kappa shape index (κ3) is 3.38. The van der Waals surface area contributed by atoms with E-state index in [2.05, 4.69) is 56.1 Å². The third-order valence-electron chi connectivity index (χ3n) is 9.41. The van der Waals surface area contributed by atoms with Crippen LogP contribution in [0.1, 0.15) is 38.5 Å². The van der Waals surface area contributed by atoms with E-state index < -0.39 is 7.12 Å². The summed E-state index contributed by atoms with van der Waals surface area (Å²) in [6, 6.07) is 10.3. The van der Waals surface area contributed by atoms with Crippen LogP contribution < -0.4 is 15.9 Å². The van der Waals surface area contributed by atoms with Gasteiger partial charge in [0.2, 0.25) is 0 Å². The predicted molar refractivity (Wildman–Crippen MR) is 152 cm³/mol. The van der Waals surface area contributed by atoms with E-state index >= 15 is 0 Å². The molecular formula is C29H31BN4O3S. The molecule has 4 aromatic rings. The summed E-state index contributed by atoms with van der Waals surface area (Å²) < 4.78 is 19.4. The SMILES string of the molecule is COc1cc(-c2ncc(C)s2)c(-c2ccc3c(N)cnnc3c2)cc1B1OC2C[C@@H]3C[C@@H](C3(C)C)[C@]2(C)O1. The maximum absolute atomic E-state index is 6.84. The van der Waals surface area contributed by atoms with Gasteiger partial charge in [-0.15, -0.1) is 11.3 Å². The van der Waals surface area contributed by atoms with Gasteiger partial charge in [-0.25, -0.2) is 4.98 Å². The highest BCUT2D eigenvalue weighted by Crippen LogP contribution is 2.65. The predicted octanol–water partition coefficient (Wildman–Crippen LogP) is 5.25. The number of thiazole rings is 1. The Morgan fingerprint density at radius 3 is 2.68 bits per heavy atom. The Labute approximate surface area is 226 Å². The zero-order chi connectivity index (χ0) is 26.4. The Balaban J connectivity index is 1.37. The van der Waals surface area contributed by atoms with E-state index in [4.69, 9.17) is 24.8 Å². The third-order valence-corrected chi connectivity index (χ3v) is 10.4. The number of nitrogen functional groups attached to an aromatic ring is 1. The number of hydrogen-bond donors (Lipinski definition) is 1. The monoisotopic (exact) mass is 526 g/mol. The maximum atomic E-state index is 6.84. The van der Waals surface area contributed by atoms with Crippen molar-refractivity contribution in [3.63, 3.8) is 0 Å². The fraction of sp³-hybridized carbons (Fsp3) is 0.414. The van der Waals surface area contributed by atoms with Crippen molar-refractivity contribution >= 4 is 40.5 Å². The molecule has 0 radical (unpaired) electrons. The molecule has 2 bridgehead atoms. The van der Waals surface area contributed by atoms with Gasteiger partial charge in [0.05, 0.1) is 36.2 Å². The maximum Gasteiger partial charge on any atom is 0.498 e. The number of benzene rings is 2. The Hall–Kier alpha value is -3.01. The van der Waals surface area contributed by atoms with Gasteiger partial charge < -0.3 is 19.8 Å². The normalized spacial score (nSPS) is 27.3. The van der Waals surface area contributed by atoms with Gasteiger partial charge in [-0.1, -0.05) is 26.0 Å². The molecule has 3 heterocycles. The number of anilines is 1. The Kier molecular flexibility index (Phi) is 5.22. The number of methoxy groups -OCH3 is 1. The summed E-state index contributed by atoms with van der Waals surface area (Å²) in [6.07, 6.45) is 5.81. The zero-order valence-electron chi connectivity index (χ0n) is 22.3. The average molecular weight is 526 g/mol. The summed E-state index contributed by atoms with van der Waals surface area (Å²) in [4.78, 5) is 5.85. The molecule has 2 aromatic carbocycles. The highest BCUT2D eigenvalue weighted by Gasteiger charge is 2.68. The average Bonchev–Trinajstić information content (AvgIpc) is 3.50. The highest BCUT2D eigenvalue weighted by atomic mass is 32.1. The highest BCUT2D eigenvalue weighted by molar-refractivity contribution is 7.15. The first-order valence-electron chi connectivity index (χ1n) is 13.2. The summed E-state index contributed by atoms with van der Waals surface area (Å²) >= 11 is 1.66. The van der Waals surface area contributed by atoms with Crippen LogP contribution in [0, 0.1) is 24.2 Å². The van der Waals surface area contributed by atoms with Crippen molar-refractivity contribution in [2.75, 3.05) is 12.8 Å². The van der Waals surface area contributed by atoms with Gasteiger partial charge in [0.25, 0.3) is 0 Å². The molecule has 1 unspecified atom stereocenters. The summed E-state index contributed by atoms with van der Waals surface area (Å²) in [6.45, 7) is 9.06. The molecule has 0 amide bonds. The van der Waals surface area contributed by atoms with Crippen molar-refractivity contribution in [3.8, 4) is 27.4 Å². The molecular weight excluding hydrogens is 495 g/mol. The van der Waals surface area contributed by atoms with Crippen molar-refractivity contribution in [1.29, 1.82) is 0 Å². The summed E-state index contributed by atoms with van der Waals surface area (Å²) in [5.41, 5.74) is 11.4. The molecule has 2 aromatic heterocycles. The molecule has 38 heavy (non-hydrogen) atoms. The van der Waals surface area contributed by atoms with E-state index in [1.165, 1.54) is 6.42 Å². The van der Waals surface area contributed by atoms with Crippen LogP contribution >= 0.6 is 11.3 Å². The first kappa shape index (κ1) is 24.1. The van der Waals surface area contributed by atoms with Gasteiger partial charge in [-0.3, -0.25) is 0 Å². The topological polar surface area (TPSA) is 92.4 Å². The van der Waals surface area contributed by atoms with Gasteiger partial charge in [-0.2, -0.15) is 10.2 Å². The van der Waals surface area contributed by atoms with E-state index in [1.807, 2.05) is 18.3 Å². The second-order valence-corrected chi connectivity index (χ2v) is 13.0. The smallest absolute Gasteiger partial charge is 0.497 e. The molecule has 4 atom stereocenters. The summed E-state index contributed by atoms with van der Waals surface area (Å²) in [5, 5.41) is 10.2. The minimum atomic E-state index is -0.503. The van der Waals surface area contributed by atoms with Gasteiger partial charge in [0.1, 0.15) is 10.8 Å². The number of hydrogen-bond acceptors (Lipinski definition) is 8. The minimum Gasteiger partial charge on any atom is -0.497 e. The molecule has 4 aliphatic rings. The van der Waals surface area contributed by atoms with E-state index in [9.17, 15) is 0 Å². The second kappa shape index (κ2) is 8.25. The molecule has 8 rings (SSSR count). The van der Waals surface area contributed by atoms with Crippen molar-refractivity contribution in [2.45, 2.75) is 52.2 Å². The van der Waals surface area contributed by atoms with Crippen LogP contribution in [-0.2, 0) is 9.31 Å². The van der Waals surface area contributed by atoms with Gasteiger partial charge in [0.15, 0.2) is 0 Å². The van der Waals surface area contributed by atoms with Crippen molar-refractivity contribution < 1.29 is 14.0 Å². The standard InChI is InChI=1S/C29H31BN4O3S/c1-15-13-32-27(38-15)20-12-24(35-5)21(11-19(20)16-6-7-18-22(31)14-33-34-23(18)8-16)30-36-26-10-17-9-25(28(17,2)3)29(26,4)37-30/h6-8,11-14,17,25-26H,9-10H2,1-5H3,(H2,31,34)/t17-,25-,26?,29-/m0/s1. The van der Waals surface area contributed by atoms with Crippen molar-refractivity contribution in [1.82, 2.24) is 15.2 Å². The second-order valence-electron chi connectivity index (χ2n) is 11.7. The van der Waals surface area contributed by atoms with Crippen LogP contribution in [0.25, 0.3) is 32.6 Å². The Morgan fingerprint density at radius 1 is 1.11 bits per heavy atom. The molecule has 3 saturated carbocycles. The van der Waals surface area contributed by atoms with Crippen LogP contribution in [0.2, 0.25) is 0 Å². The first-order chi connectivity index (χ1) is 18.2. The lowest BCUT2D eigenvalue weighted by atomic mass is 9.43. The molecule has 7 nitrogen and oxygen atoms in total. The fourth-order valence-corrected chi connectivity index (χ4v) is 7.89. The van der Waals surface area contributed by atoms with Crippen LogP contribution in [0.4, 0.5) is 5.69 Å². The van der Waals surface area contributed by atoms with Gasteiger partial charge >= 0.3 is 7.12 Å². The van der Waals surface area contributed by atoms with Gasteiger partial charge in [0, 0.05) is 27.5 Å². The largest absolute Gasteiger partial charge is 0.498 e. The minimum absolute atomic E-state index is 0.0811. The molecule has 9 heteroatoms. The number of rotatable bonds is 4. The van der Waals surface area contributed by atoms with Crippen LogP contribution in [0.3, 0.4) is 0 Å².